The summed E-state index contributed by atoms with van der Waals surface area (Å²) >= 11 is 1.80. The van der Waals surface area contributed by atoms with Crippen LogP contribution in [-0.2, 0) is 19.0 Å². The van der Waals surface area contributed by atoms with Gasteiger partial charge in [-0.3, -0.25) is 9.40 Å². The normalized spacial score (nSPS) is 35.6. The Labute approximate surface area is 171 Å². The minimum atomic E-state index is -0.684. The molecule has 6 atom stereocenters. The van der Waals surface area contributed by atoms with Crippen LogP contribution in [0.3, 0.4) is 0 Å². The van der Waals surface area contributed by atoms with Gasteiger partial charge in [0.05, 0.1) is 18.5 Å². The Bertz CT molecular complexity index is 936. The molecule has 156 valence electrons. The van der Waals surface area contributed by atoms with E-state index in [0.717, 1.165) is 12.2 Å². The largest absolute Gasteiger partial charge is 0.382 e. The predicted octanol–water partition coefficient (Wildman–Crippen LogP) is 1.15. The first kappa shape index (κ1) is 19.2. The number of hydrogen-bond acceptors (Lipinski definition) is 10. The summed E-state index contributed by atoms with van der Waals surface area (Å²) in [7, 11) is 0. The molecule has 4 N–H and O–H groups in total. The van der Waals surface area contributed by atoms with Crippen LogP contribution in [0.1, 0.15) is 26.5 Å². The highest BCUT2D eigenvalue weighted by Crippen LogP contribution is 2.45. The van der Waals surface area contributed by atoms with Gasteiger partial charge in [-0.15, -0.1) is 0 Å². The molecule has 2 saturated heterocycles. The van der Waals surface area contributed by atoms with Gasteiger partial charge >= 0.3 is 0 Å². The number of imidazole rings is 1. The molecule has 0 aromatic carbocycles. The smallest absolute Gasteiger partial charge is 0.167 e. The third-order valence-electron chi connectivity index (χ3n) is 5.44. The molecule has 3 aliphatic rings. The Morgan fingerprint density at radius 2 is 2.07 bits per heavy atom. The van der Waals surface area contributed by atoms with Crippen LogP contribution in [0, 0.1) is 0 Å². The molecular formula is C18H24N6O4S. The van der Waals surface area contributed by atoms with E-state index in [0.29, 0.717) is 22.2 Å². The summed E-state index contributed by atoms with van der Waals surface area (Å²) < 4.78 is 20.6. The molecule has 0 bridgehead atoms. The van der Waals surface area contributed by atoms with Gasteiger partial charge < -0.3 is 19.9 Å². The van der Waals surface area contributed by atoms with Crippen molar-refractivity contribution in [2.75, 3.05) is 11.5 Å². The predicted molar refractivity (Wildman–Crippen MR) is 107 cm³/mol. The maximum atomic E-state index is 6.40. The number of fused-ring (bicyclic) bond motifs is 2. The number of rotatable bonds is 5. The first-order chi connectivity index (χ1) is 13.9. The first-order valence-corrected chi connectivity index (χ1v) is 10.6. The van der Waals surface area contributed by atoms with Crippen molar-refractivity contribution in [3.8, 4) is 0 Å². The number of ether oxygens (including phenoxy) is 3. The van der Waals surface area contributed by atoms with Crippen LogP contribution in [0.2, 0.25) is 0 Å². The van der Waals surface area contributed by atoms with Gasteiger partial charge in [-0.1, -0.05) is 12.2 Å². The Hall–Kier alpha value is -1.76. The molecule has 0 spiro atoms. The van der Waals surface area contributed by atoms with Crippen LogP contribution in [0.25, 0.3) is 11.2 Å². The number of nitrogens with two attached hydrogens (primary N) is 2. The highest BCUT2D eigenvalue weighted by atomic mass is 32.2. The second kappa shape index (κ2) is 7.18. The topological polar surface area (TPSA) is 133 Å². The summed E-state index contributed by atoms with van der Waals surface area (Å²) in [5.41, 5.74) is 7.10. The SMILES string of the molecule is CC1(C)OC2C(CS[C@@H]3C=C[C@@H](ON)C3)OC(n3cnc4c(N)ncnc43)C2O1. The van der Waals surface area contributed by atoms with Crippen molar-refractivity contribution in [2.24, 2.45) is 5.90 Å². The van der Waals surface area contributed by atoms with Gasteiger partial charge in [0.25, 0.3) is 0 Å². The van der Waals surface area contributed by atoms with Crippen molar-refractivity contribution in [3.63, 3.8) is 0 Å². The molecule has 10 nitrogen and oxygen atoms in total. The number of nitrogens with zero attached hydrogens (tertiary/aromatic N) is 4. The standard InChI is InChI=1S/C18H24N6O4S/c1-18(2)26-13-11(6-29-10-4-3-9(5-10)28-20)25-17(14(13)27-18)24-8-23-12-15(19)21-7-22-16(12)24/h3-4,7-11,13-14,17H,5-6,20H2,1-2H3,(H2,19,21,22)/t9-,10-,11?,13?,14?,17?/m1/s1. The fourth-order valence-electron chi connectivity index (χ4n) is 4.15. The molecule has 11 heteroatoms. The lowest BCUT2D eigenvalue weighted by Gasteiger charge is -2.25. The molecule has 0 amide bonds. The van der Waals surface area contributed by atoms with E-state index in [1.807, 2.05) is 24.5 Å². The number of thioether (sulfide) groups is 1. The van der Waals surface area contributed by atoms with Crippen LogP contribution in [0.15, 0.2) is 24.8 Å². The molecule has 2 fully saturated rings. The van der Waals surface area contributed by atoms with Crippen molar-refractivity contribution in [1.82, 2.24) is 19.5 Å². The minimum absolute atomic E-state index is 0.0232. The zero-order chi connectivity index (χ0) is 20.2. The maximum absolute atomic E-state index is 6.40. The summed E-state index contributed by atoms with van der Waals surface area (Å²) in [6, 6.07) is 0. The van der Waals surface area contributed by atoms with Gasteiger partial charge in [-0.25, -0.2) is 20.8 Å². The quantitative estimate of drug-likeness (QED) is 0.536. The minimum Gasteiger partial charge on any atom is -0.382 e. The fourth-order valence-corrected chi connectivity index (χ4v) is 5.38. The molecule has 4 heterocycles. The van der Waals surface area contributed by atoms with E-state index in [1.165, 1.54) is 6.33 Å². The third-order valence-corrected chi connectivity index (χ3v) is 6.74. The molecular weight excluding hydrogens is 396 g/mol. The van der Waals surface area contributed by atoms with Crippen molar-refractivity contribution in [2.45, 2.75) is 61.9 Å². The summed E-state index contributed by atoms with van der Waals surface area (Å²) in [4.78, 5) is 17.6. The molecule has 4 unspecified atom stereocenters. The van der Waals surface area contributed by atoms with Gasteiger partial charge in [0, 0.05) is 11.0 Å². The van der Waals surface area contributed by atoms with Crippen LogP contribution in [0.4, 0.5) is 5.82 Å². The maximum Gasteiger partial charge on any atom is 0.167 e. The van der Waals surface area contributed by atoms with Gasteiger partial charge in [0.15, 0.2) is 23.5 Å². The molecule has 2 aliphatic heterocycles. The lowest BCUT2D eigenvalue weighted by Crippen LogP contribution is -2.31. The van der Waals surface area contributed by atoms with Crippen molar-refractivity contribution >= 4 is 28.7 Å². The Kier molecular flexibility index (Phi) is 4.76. The van der Waals surface area contributed by atoms with E-state index in [-0.39, 0.29) is 24.4 Å². The van der Waals surface area contributed by atoms with E-state index in [2.05, 4.69) is 21.0 Å². The monoisotopic (exact) mass is 420 g/mol. The van der Waals surface area contributed by atoms with Crippen LogP contribution in [0.5, 0.6) is 0 Å². The number of aromatic nitrogens is 4. The third kappa shape index (κ3) is 3.41. The highest BCUT2D eigenvalue weighted by Gasteiger charge is 2.56. The summed E-state index contributed by atoms with van der Waals surface area (Å²) in [6.07, 6.45) is 7.05. The van der Waals surface area contributed by atoms with Crippen LogP contribution >= 0.6 is 11.8 Å². The Morgan fingerprint density at radius 1 is 1.24 bits per heavy atom. The van der Waals surface area contributed by atoms with E-state index in [9.17, 15) is 0 Å². The van der Waals surface area contributed by atoms with Gasteiger partial charge in [0.1, 0.15) is 24.1 Å². The average molecular weight is 420 g/mol. The number of nitrogen functional groups attached to an aromatic ring is 1. The summed E-state index contributed by atoms with van der Waals surface area (Å²) in [5.74, 6) is 5.70. The number of anilines is 1. The Morgan fingerprint density at radius 3 is 2.86 bits per heavy atom. The fraction of sp³-hybridized carbons (Fsp3) is 0.611. The molecule has 5 rings (SSSR count). The van der Waals surface area contributed by atoms with E-state index >= 15 is 0 Å². The lowest BCUT2D eigenvalue weighted by molar-refractivity contribution is -0.193. The molecule has 2 aromatic rings. The van der Waals surface area contributed by atoms with Gasteiger partial charge in [0.2, 0.25) is 0 Å². The second-order valence-corrected chi connectivity index (χ2v) is 9.15. The molecule has 29 heavy (non-hydrogen) atoms. The zero-order valence-electron chi connectivity index (χ0n) is 16.2. The molecule has 0 saturated carbocycles. The van der Waals surface area contributed by atoms with Crippen molar-refractivity contribution in [1.29, 1.82) is 0 Å². The summed E-state index contributed by atoms with van der Waals surface area (Å²) in [5, 5.41) is 0.335. The van der Waals surface area contributed by atoms with Crippen LogP contribution < -0.4 is 11.6 Å². The van der Waals surface area contributed by atoms with Crippen molar-refractivity contribution < 1.29 is 19.0 Å². The van der Waals surface area contributed by atoms with E-state index < -0.39 is 12.0 Å². The average Bonchev–Trinajstić information content (AvgIpc) is 3.43. The molecule has 2 aromatic heterocycles. The Balaban J connectivity index is 1.37. The molecule has 1 aliphatic carbocycles. The van der Waals surface area contributed by atoms with E-state index in [1.54, 1.807) is 18.1 Å². The van der Waals surface area contributed by atoms with Gasteiger partial charge in [-0.05, 0) is 20.3 Å². The molecule has 0 radical (unpaired) electrons. The number of hydrogen-bond donors (Lipinski definition) is 2. The van der Waals surface area contributed by atoms with Crippen LogP contribution in [-0.4, -0.2) is 60.7 Å². The second-order valence-electron chi connectivity index (χ2n) is 7.88. The summed E-state index contributed by atoms with van der Waals surface area (Å²) in [6.45, 7) is 3.84. The lowest BCUT2D eigenvalue weighted by atomic mass is 10.1. The van der Waals surface area contributed by atoms with Crippen molar-refractivity contribution in [3.05, 3.63) is 24.8 Å². The van der Waals surface area contributed by atoms with E-state index in [4.69, 9.17) is 30.7 Å². The first-order valence-electron chi connectivity index (χ1n) is 9.55. The zero-order valence-corrected chi connectivity index (χ0v) is 17.0. The highest BCUT2D eigenvalue weighted by molar-refractivity contribution is 8.00. The van der Waals surface area contributed by atoms with Gasteiger partial charge in [-0.2, -0.15) is 11.8 Å².